The highest BCUT2D eigenvalue weighted by Crippen LogP contribution is 2.08. The average Bonchev–Trinajstić information content (AvgIpc) is 2.55. The van der Waals surface area contributed by atoms with Crippen molar-refractivity contribution < 1.29 is 14.3 Å². The van der Waals surface area contributed by atoms with Gasteiger partial charge < -0.3 is 10.1 Å². The second kappa shape index (κ2) is 8.13. The Hall–Kier alpha value is -2.62. The fraction of sp³-hybridized carbons (Fsp3) is 0.263. The molecule has 0 saturated heterocycles. The zero-order valence-corrected chi connectivity index (χ0v) is 13.4. The molecule has 0 bridgehead atoms. The predicted octanol–water partition coefficient (Wildman–Crippen LogP) is 2.90. The lowest BCUT2D eigenvalue weighted by Crippen LogP contribution is -2.43. The fourth-order valence-corrected chi connectivity index (χ4v) is 2.31. The van der Waals surface area contributed by atoms with Crippen LogP contribution in [-0.4, -0.2) is 24.5 Å². The fourth-order valence-electron chi connectivity index (χ4n) is 2.31. The van der Waals surface area contributed by atoms with Gasteiger partial charge in [0.1, 0.15) is 6.04 Å². The minimum Gasteiger partial charge on any atom is -0.464 e. The third kappa shape index (κ3) is 4.95. The van der Waals surface area contributed by atoms with Gasteiger partial charge in [0.15, 0.2) is 0 Å². The van der Waals surface area contributed by atoms with Crippen molar-refractivity contribution in [2.45, 2.75) is 26.3 Å². The Morgan fingerprint density at radius 3 is 2.48 bits per heavy atom. The third-order valence-corrected chi connectivity index (χ3v) is 3.44. The number of carbonyl (C=O) groups is 2. The molecule has 1 unspecified atom stereocenters. The lowest BCUT2D eigenvalue weighted by Gasteiger charge is -2.17. The van der Waals surface area contributed by atoms with Crippen molar-refractivity contribution in [3.05, 3.63) is 71.3 Å². The number of esters is 1. The van der Waals surface area contributed by atoms with E-state index in [2.05, 4.69) is 5.32 Å². The molecule has 1 atom stereocenters. The number of carbonyl (C=O) groups excluding carboxylic acids is 2. The van der Waals surface area contributed by atoms with Crippen LogP contribution in [0.3, 0.4) is 0 Å². The second-order valence-electron chi connectivity index (χ2n) is 5.34. The van der Waals surface area contributed by atoms with Gasteiger partial charge in [-0.05, 0) is 31.5 Å². The van der Waals surface area contributed by atoms with Crippen LogP contribution in [0.1, 0.15) is 28.4 Å². The van der Waals surface area contributed by atoms with E-state index in [1.165, 1.54) is 0 Å². The number of ether oxygens (including phenoxy) is 1. The highest BCUT2D eigenvalue weighted by atomic mass is 16.5. The molecular formula is C19H21NO3. The Morgan fingerprint density at radius 1 is 1.09 bits per heavy atom. The molecule has 0 aliphatic heterocycles. The van der Waals surface area contributed by atoms with E-state index in [4.69, 9.17) is 4.74 Å². The van der Waals surface area contributed by atoms with Crippen LogP contribution in [-0.2, 0) is 16.0 Å². The lowest BCUT2D eigenvalue weighted by molar-refractivity contribution is -0.145. The van der Waals surface area contributed by atoms with Crippen molar-refractivity contribution in [1.82, 2.24) is 5.32 Å². The minimum atomic E-state index is -0.703. The van der Waals surface area contributed by atoms with Crippen LogP contribution in [0.4, 0.5) is 0 Å². The minimum absolute atomic E-state index is 0.275. The zero-order valence-electron chi connectivity index (χ0n) is 13.4. The average molecular weight is 311 g/mol. The van der Waals surface area contributed by atoms with Gasteiger partial charge >= 0.3 is 5.97 Å². The number of benzene rings is 2. The van der Waals surface area contributed by atoms with Gasteiger partial charge in [0, 0.05) is 12.0 Å². The first-order valence-electron chi connectivity index (χ1n) is 7.68. The summed E-state index contributed by atoms with van der Waals surface area (Å²) in [5.74, 6) is -0.694. The van der Waals surface area contributed by atoms with Gasteiger partial charge in [0.05, 0.1) is 6.61 Å². The van der Waals surface area contributed by atoms with E-state index < -0.39 is 12.0 Å². The number of hydrogen-bond acceptors (Lipinski definition) is 3. The highest BCUT2D eigenvalue weighted by Gasteiger charge is 2.23. The summed E-state index contributed by atoms with van der Waals surface area (Å²) < 4.78 is 5.08. The molecule has 1 N–H and O–H groups in total. The molecule has 4 heteroatoms. The zero-order chi connectivity index (χ0) is 16.7. The lowest BCUT2D eigenvalue weighted by atomic mass is 10.0. The van der Waals surface area contributed by atoms with E-state index in [1.807, 2.05) is 49.4 Å². The molecule has 1 amide bonds. The Balaban J connectivity index is 2.13. The van der Waals surface area contributed by atoms with Crippen molar-refractivity contribution in [2.75, 3.05) is 6.61 Å². The van der Waals surface area contributed by atoms with Crippen LogP contribution < -0.4 is 5.32 Å². The third-order valence-electron chi connectivity index (χ3n) is 3.44. The van der Waals surface area contributed by atoms with Crippen LogP contribution in [0, 0.1) is 6.92 Å². The van der Waals surface area contributed by atoms with Crippen molar-refractivity contribution in [1.29, 1.82) is 0 Å². The Morgan fingerprint density at radius 2 is 1.83 bits per heavy atom. The molecule has 0 aromatic heterocycles. The first-order valence-corrected chi connectivity index (χ1v) is 7.68. The highest BCUT2D eigenvalue weighted by molar-refractivity contribution is 5.97. The van der Waals surface area contributed by atoms with Gasteiger partial charge in [-0.2, -0.15) is 0 Å². The predicted molar refractivity (Wildman–Crippen MR) is 89.2 cm³/mol. The van der Waals surface area contributed by atoms with E-state index in [-0.39, 0.29) is 12.5 Å². The van der Waals surface area contributed by atoms with E-state index in [0.29, 0.717) is 12.0 Å². The molecule has 120 valence electrons. The number of amides is 1. The topological polar surface area (TPSA) is 55.4 Å². The molecule has 23 heavy (non-hydrogen) atoms. The molecule has 2 aromatic rings. The van der Waals surface area contributed by atoms with E-state index in [9.17, 15) is 9.59 Å². The largest absolute Gasteiger partial charge is 0.464 e. The quantitative estimate of drug-likeness (QED) is 0.835. The molecule has 0 aliphatic rings. The molecule has 0 radical (unpaired) electrons. The summed E-state index contributed by atoms with van der Waals surface area (Å²) in [5, 5.41) is 2.78. The van der Waals surface area contributed by atoms with Crippen LogP contribution >= 0.6 is 0 Å². The van der Waals surface area contributed by atoms with E-state index >= 15 is 0 Å². The monoisotopic (exact) mass is 311 g/mol. The van der Waals surface area contributed by atoms with Crippen LogP contribution in [0.25, 0.3) is 0 Å². The van der Waals surface area contributed by atoms with Gasteiger partial charge in [0.2, 0.25) is 0 Å². The summed E-state index contributed by atoms with van der Waals surface area (Å²) in [4.78, 5) is 24.5. The van der Waals surface area contributed by atoms with Crippen molar-refractivity contribution in [3.63, 3.8) is 0 Å². The summed E-state index contributed by atoms with van der Waals surface area (Å²) >= 11 is 0. The summed E-state index contributed by atoms with van der Waals surface area (Å²) in [7, 11) is 0. The van der Waals surface area contributed by atoms with Gasteiger partial charge in [0.25, 0.3) is 5.91 Å². The van der Waals surface area contributed by atoms with Crippen LogP contribution in [0.15, 0.2) is 54.6 Å². The van der Waals surface area contributed by atoms with Crippen molar-refractivity contribution in [3.8, 4) is 0 Å². The smallest absolute Gasteiger partial charge is 0.328 e. The molecule has 0 heterocycles. The standard InChI is InChI=1S/C19H21NO3/c1-3-23-19(22)17(13-15-9-5-4-6-10-15)20-18(21)16-11-7-8-14(2)12-16/h4-12,17H,3,13H2,1-2H3,(H,20,21). The summed E-state index contributed by atoms with van der Waals surface area (Å²) in [6.07, 6.45) is 0.400. The summed E-state index contributed by atoms with van der Waals surface area (Å²) in [5.41, 5.74) is 2.50. The van der Waals surface area contributed by atoms with E-state index in [1.54, 1.807) is 19.1 Å². The maximum absolute atomic E-state index is 12.4. The van der Waals surface area contributed by atoms with E-state index in [0.717, 1.165) is 11.1 Å². The molecule has 0 saturated carbocycles. The Labute approximate surface area is 136 Å². The molecule has 2 rings (SSSR count). The van der Waals surface area contributed by atoms with Gasteiger partial charge in [-0.3, -0.25) is 4.79 Å². The molecule has 4 nitrogen and oxygen atoms in total. The maximum Gasteiger partial charge on any atom is 0.328 e. The molecular weight excluding hydrogens is 290 g/mol. The summed E-state index contributed by atoms with van der Waals surface area (Å²) in [6, 6.07) is 16.1. The number of aryl methyl sites for hydroxylation is 1. The molecule has 0 spiro atoms. The van der Waals surface area contributed by atoms with Crippen molar-refractivity contribution in [2.24, 2.45) is 0 Å². The number of nitrogens with one attached hydrogen (secondary N) is 1. The summed E-state index contributed by atoms with van der Waals surface area (Å²) in [6.45, 7) is 3.95. The van der Waals surface area contributed by atoms with Crippen LogP contribution in [0.2, 0.25) is 0 Å². The molecule has 0 aliphatic carbocycles. The SMILES string of the molecule is CCOC(=O)C(Cc1ccccc1)NC(=O)c1cccc(C)c1. The van der Waals surface area contributed by atoms with Crippen LogP contribution in [0.5, 0.6) is 0 Å². The molecule has 2 aromatic carbocycles. The first-order chi connectivity index (χ1) is 11.1. The number of rotatable bonds is 6. The Bertz CT molecular complexity index is 667. The normalized spacial score (nSPS) is 11.6. The number of hydrogen-bond donors (Lipinski definition) is 1. The first kappa shape index (κ1) is 16.7. The van der Waals surface area contributed by atoms with Gasteiger partial charge in [-0.15, -0.1) is 0 Å². The molecule has 0 fully saturated rings. The van der Waals surface area contributed by atoms with Gasteiger partial charge in [-0.25, -0.2) is 4.79 Å². The van der Waals surface area contributed by atoms with Gasteiger partial charge in [-0.1, -0.05) is 48.0 Å². The Kier molecular flexibility index (Phi) is 5.92. The second-order valence-corrected chi connectivity index (χ2v) is 5.34. The maximum atomic E-state index is 12.4. The van der Waals surface area contributed by atoms with Crippen molar-refractivity contribution >= 4 is 11.9 Å².